The molecule has 0 saturated carbocycles. The molecule has 0 aliphatic carbocycles. The normalized spacial score (nSPS) is 18.4. The maximum absolute atomic E-state index is 11.8. The molecule has 1 aromatic carbocycles. The number of carbonyl (C=O) groups is 1. The van der Waals surface area contributed by atoms with Crippen molar-refractivity contribution in [3.63, 3.8) is 0 Å². The van der Waals surface area contributed by atoms with E-state index in [9.17, 15) is 4.79 Å². The molecule has 2 atom stereocenters. The van der Waals surface area contributed by atoms with Crippen LogP contribution in [0, 0.1) is 13.8 Å². The molecule has 0 unspecified atom stereocenters. The van der Waals surface area contributed by atoms with Crippen LogP contribution in [0.5, 0.6) is 0 Å². The SMILES string of the molecule is CCC(=O)Nc1ccc(N2C(=S)N[C@@H](c3ccccn3)[C@H]2c2ccc(C)[nH]2)cc1C. The smallest absolute Gasteiger partial charge is 0.224 e. The minimum atomic E-state index is -0.0865. The topological polar surface area (TPSA) is 73.1 Å². The molecule has 4 rings (SSSR count). The summed E-state index contributed by atoms with van der Waals surface area (Å²) in [5, 5.41) is 7.05. The number of nitrogens with one attached hydrogen (secondary N) is 3. The van der Waals surface area contributed by atoms with Crippen molar-refractivity contribution < 1.29 is 4.79 Å². The Balaban J connectivity index is 1.74. The third kappa shape index (κ3) is 3.80. The van der Waals surface area contributed by atoms with Gasteiger partial charge in [0, 0.05) is 35.4 Å². The quantitative estimate of drug-likeness (QED) is 0.529. The molecule has 0 spiro atoms. The first-order valence-corrected chi connectivity index (χ1v) is 10.5. The van der Waals surface area contributed by atoms with Crippen molar-refractivity contribution in [2.24, 2.45) is 0 Å². The van der Waals surface area contributed by atoms with Gasteiger partial charge in [0.05, 0.1) is 11.7 Å². The molecule has 3 N–H and O–H groups in total. The van der Waals surface area contributed by atoms with Gasteiger partial charge in [-0.3, -0.25) is 9.78 Å². The Morgan fingerprint density at radius 3 is 2.67 bits per heavy atom. The molecule has 6 nitrogen and oxygen atoms in total. The molecule has 1 saturated heterocycles. The average molecular weight is 420 g/mol. The van der Waals surface area contributed by atoms with Gasteiger partial charge in [-0.15, -0.1) is 0 Å². The van der Waals surface area contributed by atoms with Crippen molar-refractivity contribution in [2.75, 3.05) is 10.2 Å². The number of aromatic nitrogens is 2. The van der Waals surface area contributed by atoms with E-state index >= 15 is 0 Å². The molecule has 3 heterocycles. The number of nitrogens with zero attached hydrogens (tertiary/aromatic N) is 2. The number of pyridine rings is 1. The number of aromatic amines is 1. The van der Waals surface area contributed by atoms with Gasteiger partial charge < -0.3 is 20.5 Å². The van der Waals surface area contributed by atoms with E-state index in [-0.39, 0.29) is 18.0 Å². The molecule has 3 aromatic rings. The van der Waals surface area contributed by atoms with E-state index in [2.05, 4.69) is 43.7 Å². The summed E-state index contributed by atoms with van der Waals surface area (Å²) < 4.78 is 0. The predicted octanol–water partition coefficient (Wildman–Crippen LogP) is 4.55. The molecule has 154 valence electrons. The lowest BCUT2D eigenvalue weighted by Crippen LogP contribution is -2.29. The molecule has 0 radical (unpaired) electrons. The molecular weight excluding hydrogens is 394 g/mol. The van der Waals surface area contributed by atoms with Crippen molar-refractivity contribution >= 4 is 34.6 Å². The summed E-state index contributed by atoms with van der Waals surface area (Å²) >= 11 is 5.75. The van der Waals surface area contributed by atoms with E-state index < -0.39 is 0 Å². The minimum absolute atomic E-state index is 0.000775. The summed E-state index contributed by atoms with van der Waals surface area (Å²) in [5.74, 6) is -0.000775. The summed E-state index contributed by atoms with van der Waals surface area (Å²) in [5.41, 5.74) is 5.86. The van der Waals surface area contributed by atoms with Crippen LogP contribution in [0.3, 0.4) is 0 Å². The lowest BCUT2D eigenvalue weighted by molar-refractivity contribution is -0.115. The van der Waals surface area contributed by atoms with Gasteiger partial charge in [0.15, 0.2) is 5.11 Å². The Morgan fingerprint density at radius 1 is 1.20 bits per heavy atom. The minimum Gasteiger partial charge on any atom is -0.361 e. The molecule has 1 aliphatic rings. The molecule has 1 aliphatic heterocycles. The summed E-state index contributed by atoms with van der Waals surface area (Å²) in [7, 11) is 0. The molecule has 2 aromatic heterocycles. The van der Waals surface area contributed by atoms with Crippen LogP contribution in [-0.2, 0) is 4.79 Å². The highest BCUT2D eigenvalue weighted by molar-refractivity contribution is 7.80. The Hall–Kier alpha value is -3.19. The number of amides is 1. The van der Waals surface area contributed by atoms with E-state index in [4.69, 9.17) is 12.2 Å². The van der Waals surface area contributed by atoms with E-state index in [1.165, 1.54) is 0 Å². The second-order valence-electron chi connectivity index (χ2n) is 7.49. The predicted molar refractivity (Wildman–Crippen MR) is 124 cm³/mol. The maximum Gasteiger partial charge on any atom is 0.224 e. The summed E-state index contributed by atoms with van der Waals surface area (Å²) in [4.78, 5) is 22.0. The highest BCUT2D eigenvalue weighted by Crippen LogP contribution is 2.41. The third-order valence-corrected chi connectivity index (χ3v) is 5.67. The van der Waals surface area contributed by atoms with Gasteiger partial charge in [0.1, 0.15) is 6.04 Å². The van der Waals surface area contributed by atoms with Crippen LogP contribution in [0.15, 0.2) is 54.7 Å². The van der Waals surface area contributed by atoms with Crippen LogP contribution in [-0.4, -0.2) is 21.0 Å². The van der Waals surface area contributed by atoms with Gasteiger partial charge in [-0.2, -0.15) is 0 Å². The summed E-state index contributed by atoms with van der Waals surface area (Å²) in [6.45, 7) is 5.87. The first-order chi connectivity index (χ1) is 14.5. The fourth-order valence-corrected chi connectivity index (χ4v) is 4.17. The van der Waals surface area contributed by atoms with Crippen molar-refractivity contribution in [1.29, 1.82) is 0 Å². The Kier molecular flexibility index (Phi) is 5.55. The molecule has 0 bridgehead atoms. The highest BCUT2D eigenvalue weighted by atomic mass is 32.1. The number of benzene rings is 1. The number of aryl methyl sites for hydroxylation is 2. The van der Waals surface area contributed by atoms with E-state index in [0.717, 1.165) is 34.0 Å². The van der Waals surface area contributed by atoms with Crippen molar-refractivity contribution in [2.45, 2.75) is 39.3 Å². The fourth-order valence-electron chi connectivity index (χ4n) is 3.82. The van der Waals surface area contributed by atoms with Gasteiger partial charge in [0.2, 0.25) is 5.91 Å². The number of carbonyl (C=O) groups excluding carboxylic acids is 1. The first kappa shape index (κ1) is 20.1. The Bertz CT molecular complexity index is 1080. The number of hydrogen-bond acceptors (Lipinski definition) is 3. The third-order valence-electron chi connectivity index (χ3n) is 5.35. The number of H-pyrrole nitrogens is 1. The molecule has 30 heavy (non-hydrogen) atoms. The van der Waals surface area contributed by atoms with Gasteiger partial charge in [-0.25, -0.2) is 0 Å². The van der Waals surface area contributed by atoms with Crippen molar-refractivity contribution in [3.05, 3.63) is 77.4 Å². The monoisotopic (exact) mass is 419 g/mol. The fraction of sp³-hybridized carbons (Fsp3) is 0.261. The van der Waals surface area contributed by atoms with Crippen molar-refractivity contribution in [1.82, 2.24) is 15.3 Å². The lowest BCUT2D eigenvalue weighted by Gasteiger charge is -2.27. The van der Waals surface area contributed by atoms with Crippen LogP contribution in [0.1, 0.15) is 48.1 Å². The van der Waals surface area contributed by atoms with Crippen LogP contribution in [0.4, 0.5) is 11.4 Å². The Labute approximate surface area is 181 Å². The number of thiocarbonyl (C=S) groups is 1. The van der Waals surface area contributed by atoms with Crippen LogP contribution in [0.2, 0.25) is 0 Å². The second kappa shape index (κ2) is 8.28. The molecule has 1 amide bonds. The van der Waals surface area contributed by atoms with Crippen molar-refractivity contribution in [3.8, 4) is 0 Å². The zero-order chi connectivity index (χ0) is 21.3. The Morgan fingerprint density at radius 2 is 2.03 bits per heavy atom. The second-order valence-corrected chi connectivity index (χ2v) is 7.88. The lowest BCUT2D eigenvalue weighted by atomic mass is 10.0. The summed E-state index contributed by atoms with van der Waals surface area (Å²) in [6, 6.07) is 15.9. The average Bonchev–Trinajstić information content (AvgIpc) is 3.32. The standard InChI is InChI=1S/C23H25N5OS/c1-4-20(29)26-17-11-9-16(13-14(17)2)28-22(19-10-8-15(3)25-19)21(27-23(28)30)18-7-5-6-12-24-18/h5-13,21-22,25H,4H2,1-3H3,(H,26,29)(H,27,30)/t21-,22+/m0/s1. The van der Waals surface area contributed by atoms with Crippen LogP contribution >= 0.6 is 12.2 Å². The zero-order valence-electron chi connectivity index (χ0n) is 17.3. The number of hydrogen-bond donors (Lipinski definition) is 3. The van der Waals surface area contributed by atoms with Gasteiger partial charge in [-0.1, -0.05) is 13.0 Å². The molecular formula is C23H25N5OS. The highest BCUT2D eigenvalue weighted by Gasteiger charge is 2.41. The van der Waals surface area contributed by atoms with Crippen LogP contribution in [0.25, 0.3) is 0 Å². The number of rotatable bonds is 5. The van der Waals surface area contributed by atoms with Gasteiger partial charge in [0.25, 0.3) is 0 Å². The van der Waals surface area contributed by atoms with E-state index in [1.54, 1.807) is 6.20 Å². The maximum atomic E-state index is 11.8. The number of anilines is 2. The van der Waals surface area contributed by atoms with Gasteiger partial charge >= 0.3 is 0 Å². The van der Waals surface area contributed by atoms with E-state index in [0.29, 0.717) is 11.5 Å². The van der Waals surface area contributed by atoms with E-state index in [1.807, 2.05) is 51.1 Å². The van der Waals surface area contributed by atoms with Gasteiger partial charge in [-0.05, 0) is 74.1 Å². The largest absolute Gasteiger partial charge is 0.361 e. The molecule has 1 fully saturated rings. The first-order valence-electron chi connectivity index (χ1n) is 10.0. The molecule has 7 heteroatoms. The van der Waals surface area contributed by atoms with Crippen LogP contribution < -0.4 is 15.5 Å². The zero-order valence-corrected chi connectivity index (χ0v) is 18.1. The summed E-state index contributed by atoms with van der Waals surface area (Å²) in [6.07, 6.45) is 2.25.